The summed E-state index contributed by atoms with van der Waals surface area (Å²) in [4.78, 5) is 36.5. The lowest BCUT2D eigenvalue weighted by Gasteiger charge is -2.64. The van der Waals surface area contributed by atoms with Crippen LogP contribution < -0.4 is 14.8 Å². The molecule has 55 heavy (non-hydrogen) atoms. The molecule has 3 heterocycles. The molecule has 1 unspecified atom stereocenters. The normalized spacial score (nSPS) is 37.0. The Hall–Kier alpha value is -3.63. The van der Waals surface area contributed by atoms with Crippen molar-refractivity contribution >= 4 is 29.8 Å². The molecule has 6 bridgehead atoms. The van der Waals surface area contributed by atoms with Crippen molar-refractivity contribution in [3.05, 3.63) is 54.6 Å². The topological polar surface area (TPSA) is 99.2 Å². The van der Waals surface area contributed by atoms with Gasteiger partial charge in [0.05, 0.1) is 42.5 Å². The summed E-state index contributed by atoms with van der Waals surface area (Å²) in [6, 6.07) is 17.3. The van der Waals surface area contributed by atoms with E-state index in [9.17, 15) is 9.59 Å². The molecule has 0 spiro atoms. The lowest BCUT2D eigenvalue weighted by Crippen LogP contribution is -2.65. The molecule has 9 fully saturated rings. The summed E-state index contributed by atoms with van der Waals surface area (Å²) in [7, 11) is 1.14. The summed E-state index contributed by atoms with van der Waals surface area (Å²) in [5, 5.41) is 4.24. The average Bonchev–Trinajstić information content (AvgIpc) is 3.77. The number of hydrogen-bond donors (Lipinski definition) is 1. The SMILES string of the molecule is CC[C@H](NC(=O)[C@@H]1C[C@@H](Oc2cc(-c3ccccc3)nc3cc(OC)ccc23)CN1C(=O)C1C2CC3CC(C2)CC1C3)B1OC2C[C@@H]3C[C@@H](C3(C)C)[C@]2(C)O1. The van der Waals surface area contributed by atoms with Crippen LogP contribution in [0.1, 0.15) is 85.5 Å². The molecule has 1 N–H and O–H groups in total. The van der Waals surface area contributed by atoms with Gasteiger partial charge in [0, 0.05) is 35.4 Å². The van der Waals surface area contributed by atoms with Gasteiger partial charge in [-0.05, 0) is 111 Å². The molecule has 10 heteroatoms. The summed E-state index contributed by atoms with van der Waals surface area (Å²) in [5.74, 6) is 4.54. The van der Waals surface area contributed by atoms with Crippen molar-refractivity contribution in [3.63, 3.8) is 0 Å². The van der Waals surface area contributed by atoms with Crippen LogP contribution in [0.25, 0.3) is 22.2 Å². The molecule has 7 atom stereocenters. The predicted molar refractivity (Wildman–Crippen MR) is 211 cm³/mol. The molecule has 7 saturated carbocycles. The second kappa shape index (κ2) is 13.2. The zero-order chi connectivity index (χ0) is 37.8. The van der Waals surface area contributed by atoms with Gasteiger partial charge in [-0.1, -0.05) is 51.1 Å². The number of carbonyl (C=O) groups is 2. The Morgan fingerprint density at radius 1 is 0.964 bits per heavy atom. The van der Waals surface area contributed by atoms with Crippen LogP contribution in [-0.4, -0.2) is 72.3 Å². The summed E-state index contributed by atoms with van der Waals surface area (Å²) >= 11 is 0. The third-order valence-corrected chi connectivity index (χ3v) is 15.8. The lowest BCUT2D eigenvalue weighted by molar-refractivity contribution is -0.199. The summed E-state index contributed by atoms with van der Waals surface area (Å²) in [5.41, 5.74) is 2.42. The van der Waals surface area contributed by atoms with E-state index in [-0.39, 0.29) is 46.9 Å². The highest BCUT2D eigenvalue weighted by atomic mass is 16.7. The molecule has 7 aliphatic carbocycles. The van der Waals surface area contributed by atoms with Crippen LogP contribution in [-0.2, 0) is 18.9 Å². The van der Waals surface area contributed by atoms with E-state index in [1.807, 2.05) is 59.5 Å². The van der Waals surface area contributed by atoms with Crippen LogP contribution in [0.2, 0.25) is 0 Å². The number of aromatic nitrogens is 1. The van der Waals surface area contributed by atoms with Crippen molar-refractivity contribution < 1.29 is 28.4 Å². The van der Waals surface area contributed by atoms with Crippen molar-refractivity contribution in [3.8, 4) is 22.8 Å². The third kappa shape index (κ3) is 5.82. The van der Waals surface area contributed by atoms with Gasteiger partial charge in [-0.2, -0.15) is 0 Å². The van der Waals surface area contributed by atoms with Crippen molar-refractivity contribution in [2.24, 2.45) is 46.8 Å². The van der Waals surface area contributed by atoms with Crippen molar-refractivity contribution in [1.29, 1.82) is 0 Å². The summed E-state index contributed by atoms with van der Waals surface area (Å²) in [6.07, 6.45) is 8.84. The number of carbonyl (C=O) groups excluding carboxylic acids is 2. The Kier molecular flexibility index (Phi) is 8.60. The van der Waals surface area contributed by atoms with Gasteiger partial charge in [0.25, 0.3) is 0 Å². The highest BCUT2D eigenvalue weighted by Gasteiger charge is 2.68. The van der Waals surface area contributed by atoms with Crippen LogP contribution >= 0.6 is 0 Å². The number of likely N-dealkylation sites (tertiary alicyclic amines) is 1. The standard InChI is InChI=1S/C45H56BN3O6/c1-6-40(46-54-39-20-30-19-38(44(30,2)3)45(39,4)55-46)48-42(50)36-22-32(24-49(36)43(51)41-28-15-25-14-26(17-28)18-29(41)16-25)53-37-23-34(27-10-8-7-9-11-27)47-35-21-31(52-5)12-13-33(35)37/h7-13,21,23,25-26,28-30,32,36,38-41H,6,14-20,22,24H2,1-5H3,(H,48,50)/t25?,26?,28?,29?,30-,32+,36-,38-,39?,40-,41?,45-/m0/s1. The molecule has 2 amide bonds. The second-order valence-electron chi connectivity index (χ2n) is 19.1. The Balaban J connectivity index is 0.935. The van der Waals surface area contributed by atoms with Gasteiger partial charge in [0.1, 0.15) is 23.6 Å². The number of hydrogen-bond acceptors (Lipinski definition) is 7. The predicted octanol–water partition coefficient (Wildman–Crippen LogP) is 7.49. The molecule has 1 aromatic heterocycles. The van der Waals surface area contributed by atoms with Gasteiger partial charge in [-0.25, -0.2) is 4.98 Å². The van der Waals surface area contributed by atoms with Gasteiger partial charge in [0.15, 0.2) is 0 Å². The van der Waals surface area contributed by atoms with E-state index < -0.39 is 13.2 Å². The monoisotopic (exact) mass is 745 g/mol. The maximum Gasteiger partial charge on any atom is 0.481 e. The van der Waals surface area contributed by atoms with Crippen LogP contribution in [0.15, 0.2) is 54.6 Å². The highest BCUT2D eigenvalue weighted by molar-refractivity contribution is 6.47. The van der Waals surface area contributed by atoms with Crippen LogP contribution in [0.4, 0.5) is 0 Å². The molecular formula is C45H56BN3O6. The molecular weight excluding hydrogens is 689 g/mol. The maximum atomic E-state index is 14.9. The van der Waals surface area contributed by atoms with E-state index in [4.69, 9.17) is 23.8 Å². The Labute approximate surface area is 325 Å². The molecule has 3 aromatic rings. The number of ether oxygens (including phenoxy) is 2. The van der Waals surface area contributed by atoms with Crippen molar-refractivity contribution in [2.75, 3.05) is 13.7 Å². The average molecular weight is 746 g/mol. The Morgan fingerprint density at radius 3 is 2.40 bits per heavy atom. The van der Waals surface area contributed by atoms with E-state index in [1.165, 1.54) is 12.8 Å². The first-order chi connectivity index (χ1) is 26.5. The zero-order valence-corrected chi connectivity index (χ0v) is 33.0. The van der Waals surface area contributed by atoms with Gasteiger partial charge < -0.3 is 29.0 Å². The van der Waals surface area contributed by atoms with Gasteiger partial charge in [0.2, 0.25) is 11.8 Å². The number of methoxy groups -OCH3 is 1. The largest absolute Gasteiger partial charge is 0.497 e. The Morgan fingerprint density at radius 2 is 1.71 bits per heavy atom. The van der Waals surface area contributed by atoms with E-state index in [0.717, 1.165) is 71.8 Å². The van der Waals surface area contributed by atoms with Crippen LogP contribution in [0.5, 0.6) is 11.5 Å². The van der Waals surface area contributed by atoms with Crippen LogP contribution in [0, 0.1) is 46.8 Å². The first kappa shape index (κ1) is 35.8. The number of nitrogens with zero attached hydrogens (tertiary/aromatic N) is 2. The third-order valence-electron chi connectivity index (χ3n) is 15.8. The first-order valence-corrected chi connectivity index (χ1v) is 21.2. The zero-order valence-electron chi connectivity index (χ0n) is 33.0. The Bertz CT molecular complexity index is 1960. The van der Waals surface area contributed by atoms with Gasteiger partial charge in [-0.3, -0.25) is 9.59 Å². The number of amides is 2. The molecule has 12 rings (SSSR count). The lowest BCUT2D eigenvalue weighted by atomic mass is 9.43. The molecule has 9 nitrogen and oxygen atoms in total. The van der Waals surface area contributed by atoms with E-state index in [1.54, 1.807) is 7.11 Å². The highest BCUT2D eigenvalue weighted by Crippen LogP contribution is 2.66. The molecule has 2 aromatic carbocycles. The molecule has 9 aliphatic rings. The fourth-order valence-corrected chi connectivity index (χ4v) is 12.9. The first-order valence-electron chi connectivity index (χ1n) is 21.2. The fraction of sp³-hybridized carbons (Fsp3) is 0.622. The molecule has 0 radical (unpaired) electrons. The van der Waals surface area contributed by atoms with E-state index in [2.05, 4.69) is 33.0 Å². The molecule has 2 saturated heterocycles. The number of fused-ring (bicyclic) bond motifs is 1. The van der Waals surface area contributed by atoms with Gasteiger partial charge >= 0.3 is 7.12 Å². The van der Waals surface area contributed by atoms with E-state index in [0.29, 0.717) is 48.8 Å². The molecule has 290 valence electrons. The number of rotatable bonds is 9. The number of benzene rings is 2. The van der Waals surface area contributed by atoms with E-state index >= 15 is 0 Å². The van der Waals surface area contributed by atoms with Crippen LogP contribution in [0.3, 0.4) is 0 Å². The minimum atomic E-state index is -0.642. The number of nitrogens with one attached hydrogen (secondary N) is 1. The smallest absolute Gasteiger partial charge is 0.481 e. The maximum absolute atomic E-state index is 14.9. The van der Waals surface area contributed by atoms with Crippen molar-refractivity contribution in [2.45, 2.75) is 115 Å². The summed E-state index contributed by atoms with van der Waals surface area (Å²) in [6.45, 7) is 9.40. The fourth-order valence-electron chi connectivity index (χ4n) is 12.9. The summed E-state index contributed by atoms with van der Waals surface area (Å²) < 4.78 is 26.0. The molecule has 2 aliphatic heterocycles. The minimum Gasteiger partial charge on any atom is -0.497 e. The number of pyridine rings is 1. The van der Waals surface area contributed by atoms with Gasteiger partial charge in [-0.15, -0.1) is 0 Å². The quantitative estimate of drug-likeness (QED) is 0.227. The van der Waals surface area contributed by atoms with Crippen molar-refractivity contribution in [1.82, 2.24) is 15.2 Å². The minimum absolute atomic E-state index is 0.0119. The second-order valence-corrected chi connectivity index (χ2v) is 19.1.